The molecule has 3 nitrogen and oxygen atoms in total. The highest BCUT2D eigenvalue weighted by atomic mass is 15.3. The topological polar surface area (TPSA) is 32.5 Å². The third kappa shape index (κ3) is 2.21. The van der Waals surface area contributed by atoms with Gasteiger partial charge in [-0.1, -0.05) is 6.92 Å². The Kier molecular flexibility index (Phi) is 3.65. The van der Waals surface area contributed by atoms with Crippen molar-refractivity contribution in [2.75, 3.05) is 32.7 Å². The van der Waals surface area contributed by atoms with Crippen LogP contribution >= 0.6 is 0 Å². The zero-order chi connectivity index (χ0) is 12.7. The van der Waals surface area contributed by atoms with Crippen LogP contribution in [0.25, 0.3) is 0 Å². The predicted octanol–water partition coefficient (Wildman–Crippen LogP) is 1.39. The van der Waals surface area contributed by atoms with Gasteiger partial charge in [0.05, 0.1) is 0 Å². The lowest BCUT2D eigenvalue weighted by molar-refractivity contribution is 0.0660. The van der Waals surface area contributed by atoms with Gasteiger partial charge in [-0.05, 0) is 50.5 Å². The molecule has 5 atom stereocenters. The van der Waals surface area contributed by atoms with Crippen LogP contribution in [0.4, 0.5) is 0 Å². The van der Waals surface area contributed by atoms with Gasteiger partial charge >= 0.3 is 0 Å². The minimum atomic E-state index is 0.503. The summed E-state index contributed by atoms with van der Waals surface area (Å²) in [6.07, 6.45) is 4.28. The Morgan fingerprint density at radius 3 is 2.56 bits per heavy atom. The van der Waals surface area contributed by atoms with E-state index in [0.717, 1.165) is 23.8 Å². The van der Waals surface area contributed by atoms with Gasteiger partial charge in [-0.25, -0.2) is 0 Å². The van der Waals surface area contributed by atoms with E-state index < -0.39 is 0 Å². The van der Waals surface area contributed by atoms with Crippen LogP contribution in [0, 0.1) is 17.8 Å². The molecule has 2 aliphatic carbocycles. The van der Waals surface area contributed by atoms with Gasteiger partial charge in [0, 0.05) is 38.3 Å². The Labute approximate surface area is 112 Å². The van der Waals surface area contributed by atoms with Crippen LogP contribution in [0.1, 0.15) is 33.1 Å². The first-order valence-corrected chi connectivity index (χ1v) is 7.91. The number of fused-ring (bicyclic) bond motifs is 2. The summed E-state index contributed by atoms with van der Waals surface area (Å²) >= 11 is 0. The fourth-order valence-corrected chi connectivity index (χ4v) is 4.73. The largest absolute Gasteiger partial charge is 0.327 e. The first kappa shape index (κ1) is 12.9. The molecule has 0 aromatic carbocycles. The number of likely N-dealkylation sites (N-methyl/N-ethyl adjacent to an activating group) is 1. The predicted molar refractivity (Wildman–Crippen MR) is 75.4 cm³/mol. The summed E-state index contributed by atoms with van der Waals surface area (Å²) in [6.45, 7) is 10.8. The minimum Gasteiger partial charge on any atom is -0.327 e. The number of rotatable bonds is 3. The second kappa shape index (κ2) is 5.10. The van der Waals surface area contributed by atoms with Gasteiger partial charge in [-0.3, -0.25) is 4.90 Å². The Morgan fingerprint density at radius 2 is 1.94 bits per heavy atom. The van der Waals surface area contributed by atoms with Crippen molar-refractivity contribution in [3.8, 4) is 0 Å². The zero-order valence-electron chi connectivity index (χ0n) is 12.0. The van der Waals surface area contributed by atoms with Gasteiger partial charge in [0.15, 0.2) is 0 Å². The van der Waals surface area contributed by atoms with Crippen molar-refractivity contribution in [2.24, 2.45) is 23.5 Å². The van der Waals surface area contributed by atoms with Crippen molar-refractivity contribution in [3.63, 3.8) is 0 Å². The number of piperazine rings is 1. The Bertz CT molecular complexity index is 291. The van der Waals surface area contributed by atoms with Gasteiger partial charge in [0.1, 0.15) is 0 Å². The summed E-state index contributed by atoms with van der Waals surface area (Å²) in [5.41, 5.74) is 6.43. The van der Waals surface area contributed by atoms with Gasteiger partial charge in [-0.15, -0.1) is 0 Å². The molecule has 0 aromatic heterocycles. The molecule has 0 spiro atoms. The Hall–Kier alpha value is -0.120. The maximum atomic E-state index is 6.43. The molecule has 3 heteroatoms. The molecule has 104 valence electrons. The molecule has 5 unspecified atom stereocenters. The molecule has 1 aliphatic heterocycles. The summed E-state index contributed by atoms with van der Waals surface area (Å²) in [6, 6.07) is 1.22. The van der Waals surface area contributed by atoms with Crippen molar-refractivity contribution in [2.45, 2.75) is 45.2 Å². The standard InChI is InChI=1S/C15H29N3/c1-3-18-7-6-17(9-11(18)2)10-14-12-4-5-13(8-12)15(14)16/h11-15H,3-10,16H2,1-2H3. The average molecular weight is 251 g/mol. The van der Waals surface area contributed by atoms with Crippen LogP contribution in [0.3, 0.4) is 0 Å². The van der Waals surface area contributed by atoms with Gasteiger partial charge in [0.25, 0.3) is 0 Å². The molecule has 3 rings (SSSR count). The van der Waals surface area contributed by atoms with E-state index >= 15 is 0 Å². The average Bonchev–Trinajstić information content (AvgIpc) is 2.93. The van der Waals surface area contributed by atoms with Crippen LogP contribution in [-0.4, -0.2) is 54.6 Å². The molecule has 2 N–H and O–H groups in total. The Morgan fingerprint density at radius 1 is 1.17 bits per heavy atom. The van der Waals surface area contributed by atoms with E-state index in [4.69, 9.17) is 5.73 Å². The molecule has 0 aromatic rings. The van der Waals surface area contributed by atoms with E-state index in [1.54, 1.807) is 0 Å². The van der Waals surface area contributed by atoms with Crippen LogP contribution in [0.15, 0.2) is 0 Å². The van der Waals surface area contributed by atoms with E-state index in [-0.39, 0.29) is 0 Å². The van der Waals surface area contributed by atoms with Crippen LogP contribution in [0.5, 0.6) is 0 Å². The quantitative estimate of drug-likeness (QED) is 0.822. The summed E-state index contributed by atoms with van der Waals surface area (Å²) in [7, 11) is 0. The first-order chi connectivity index (χ1) is 8.69. The zero-order valence-corrected chi connectivity index (χ0v) is 12.0. The maximum Gasteiger partial charge on any atom is 0.0195 e. The van der Waals surface area contributed by atoms with Gasteiger partial charge in [0.2, 0.25) is 0 Å². The molecule has 0 amide bonds. The van der Waals surface area contributed by atoms with Crippen molar-refractivity contribution in [3.05, 3.63) is 0 Å². The molecule has 1 saturated heterocycles. The van der Waals surface area contributed by atoms with E-state index in [9.17, 15) is 0 Å². The molecular formula is C15H29N3. The normalized spacial score (nSPS) is 45.8. The van der Waals surface area contributed by atoms with Crippen LogP contribution in [-0.2, 0) is 0 Å². The second-order valence-electron chi connectivity index (χ2n) is 6.81. The third-order valence-electron chi connectivity index (χ3n) is 5.88. The van der Waals surface area contributed by atoms with Crippen molar-refractivity contribution >= 4 is 0 Å². The third-order valence-corrected chi connectivity index (χ3v) is 5.88. The fraction of sp³-hybridized carbons (Fsp3) is 1.00. The van der Waals surface area contributed by atoms with E-state index in [2.05, 4.69) is 23.6 Å². The fourth-order valence-electron chi connectivity index (χ4n) is 4.73. The molecule has 3 aliphatic rings. The van der Waals surface area contributed by atoms with Crippen molar-refractivity contribution in [1.82, 2.24) is 9.80 Å². The lowest BCUT2D eigenvalue weighted by Crippen LogP contribution is -2.54. The lowest BCUT2D eigenvalue weighted by Gasteiger charge is -2.42. The molecule has 3 fully saturated rings. The molecular weight excluding hydrogens is 222 g/mol. The van der Waals surface area contributed by atoms with Crippen molar-refractivity contribution < 1.29 is 0 Å². The highest BCUT2D eigenvalue weighted by Gasteiger charge is 2.46. The number of hydrogen-bond acceptors (Lipinski definition) is 3. The minimum absolute atomic E-state index is 0.503. The second-order valence-corrected chi connectivity index (χ2v) is 6.81. The summed E-state index contributed by atoms with van der Waals surface area (Å²) in [4.78, 5) is 5.28. The van der Waals surface area contributed by atoms with Gasteiger partial charge < -0.3 is 10.6 Å². The smallest absolute Gasteiger partial charge is 0.0195 e. The number of hydrogen-bond donors (Lipinski definition) is 1. The number of nitrogens with two attached hydrogens (primary N) is 1. The van der Waals surface area contributed by atoms with E-state index in [0.29, 0.717) is 6.04 Å². The van der Waals surface area contributed by atoms with E-state index in [1.807, 2.05) is 0 Å². The maximum absolute atomic E-state index is 6.43. The van der Waals surface area contributed by atoms with Crippen LogP contribution in [0.2, 0.25) is 0 Å². The highest BCUT2D eigenvalue weighted by Crippen LogP contribution is 2.47. The first-order valence-electron chi connectivity index (χ1n) is 7.91. The summed E-state index contributed by atoms with van der Waals surface area (Å²) in [5, 5.41) is 0. The summed E-state index contributed by atoms with van der Waals surface area (Å²) < 4.78 is 0. The van der Waals surface area contributed by atoms with Crippen molar-refractivity contribution in [1.29, 1.82) is 0 Å². The van der Waals surface area contributed by atoms with E-state index in [1.165, 1.54) is 52.0 Å². The lowest BCUT2D eigenvalue weighted by atomic mass is 9.84. The summed E-state index contributed by atoms with van der Waals surface area (Å²) in [5.74, 6) is 2.60. The molecule has 0 radical (unpaired) electrons. The SMILES string of the molecule is CCN1CCN(CC2C3CCC(C3)C2N)CC1C. The van der Waals surface area contributed by atoms with Crippen LogP contribution < -0.4 is 5.73 Å². The molecule has 1 heterocycles. The molecule has 18 heavy (non-hydrogen) atoms. The monoisotopic (exact) mass is 251 g/mol. The highest BCUT2D eigenvalue weighted by molar-refractivity contribution is 5.00. The van der Waals surface area contributed by atoms with Gasteiger partial charge in [-0.2, -0.15) is 0 Å². The Balaban J connectivity index is 1.55. The number of nitrogens with zero attached hydrogens (tertiary/aromatic N) is 2. The molecule has 2 saturated carbocycles. The molecule has 2 bridgehead atoms.